The number of ether oxygens (including phenoxy) is 2. The van der Waals surface area contributed by atoms with Crippen LogP contribution in [0.25, 0.3) is 0 Å². The topological polar surface area (TPSA) is 67.5 Å². The van der Waals surface area contributed by atoms with Gasteiger partial charge in [0.15, 0.2) is 0 Å². The van der Waals surface area contributed by atoms with Gasteiger partial charge in [-0.2, -0.15) is 5.10 Å². The molecule has 2 heterocycles. The lowest BCUT2D eigenvalue weighted by Gasteiger charge is -2.41. The van der Waals surface area contributed by atoms with Crippen molar-refractivity contribution in [3.05, 3.63) is 48.3 Å². The van der Waals surface area contributed by atoms with Gasteiger partial charge in [-0.1, -0.05) is 18.2 Å². The van der Waals surface area contributed by atoms with Crippen LogP contribution in [0.2, 0.25) is 0 Å². The van der Waals surface area contributed by atoms with Crippen molar-refractivity contribution in [1.82, 2.24) is 15.1 Å². The van der Waals surface area contributed by atoms with Gasteiger partial charge in [0, 0.05) is 19.9 Å². The molecule has 1 aromatic carbocycles. The normalized spacial score (nSPS) is 21.2. The number of aromatic amines is 1. The van der Waals surface area contributed by atoms with E-state index in [1.165, 1.54) is 0 Å². The molecular weight excluding hydrogens is 294 g/mol. The van der Waals surface area contributed by atoms with Crippen molar-refractivity contribution in [3.8, 4) is 5.75 Å². The third-order valence-corrected chi connectivity index (χ3v) is 4.24. The van der Waals surface area contributed by atoms with E-state index in [0.29, 0.717) is 25.4 Å². The van der Waals surface area contributed by atoms with Crippen LogP contribution in [0, 0.1) is 0 Å². The summed E-state index contributed by atoms with van der Waals surface area (Å²) in [5, 5.41) is 6.57. The van der Waals surface area contributed by atoms with Crippen LogP contribution in [0.15, 0.2) is 42.6 Å². The van der Waals surface area contributed by atoms with Gasteiger partial charge in [-0.05, 0) is 31.0 Å². The number of H-pyrrole nitrogens is 1. The molecule has 1 amide bonds. The van der Waals surface area contributed by atoms with Gasteiger partial charge in [0.25, 0.3) is 5.91 Å². The van der Waals surface area contributed by atoms with Crippen LogP contribution in [0.3, 0.4) is 0 Å². The van der Waals surface area contributed by atoms with Gasteiger partial charge in [-0.3, -0.25) is 9.89 Å². The standard InChI is InChI=1S/C17H21N3O3/c1-22-17(13-23-14-6-3-2-4-7-14)9-5-11-20(12-17)16(21)15-8-10-18-19-15/h2-4,6-8,10H,5,9,11-13H2,1H3,(H,18,19)/t17-/m0/s1. The average molecular weight is 315 g/mol. The maximum Gasteiger partial charge on any atom is 0.271 e. The molecule has 1 saturated heterocycles. The maximum absolute atomic E-state index is 12.5. The van der Waals surface area contributed by atoms with Crippen molar-refractivity contribution in [1.29, 1.82) is 0 Å². The van der Waals surface area contributed by atoms with Gasteiger partial charge in [0.1, 0.15) is 23.7 Å². The summed E-state index contributed by atoms with van der Waals surface area (Å²) >= 11 is 0. The Kier molecular flexibility index (Phi) is 4.62. The van der Waals surface area contributed by atoms with E-state index in [1.807, 2.05) is 30.3 Å². The summed E-state index contributed by atoms with van der Waals surface area (Å²) in [7, 11) is 1.68. The largest absolute Gasteiger partial charge is 0.491 e. The molecule has 122 valence electrons. The van der Waals surface area contributed by atoms with Crippen molar-refractivity contribution in [2.75, 3.05) is 26.8 Å². The number of nitrogens with zero attached hydrogens (tertiary/aromatic N) is 2. The Hall–Kier alpha value is -2.34. The fourth-order valence-electron chi connectivity index (χ4n) is 2.89. The molecule has 0 bridgehead atoms. The van der Waals surface area contributed by atoms with E-state index in [0.717, 1.165) is 18.6 Å². The summed E-state index contributed by atoms with van der Waals surface area (Å²) in [5.74, 6) is 0.754. The number of carbonyl (C=O) groups excluding carboxylic acids is 1. The Morgan fingerprint density at radius 2 is 2.17 bits per heavy atom. The van der Waals surface area contributed by atoms with E-state index in [1.54, 1.807) is 24.3 Å². The molecule has 2 aromatic rings. The number of para-hydroxylation sites is 1. The number of likely N-dealkylation sites (tertiary alicyclic amines) is 1. The quantitative estimate of drug-likeness (QED) is 0.917. The summed E-state index contributed by atoms with van der Waals surface area (Å²) in [6.45, 7) is 1.64. The Morgan fingerprint density at radius 3 is 2.87 bits per heavy atom. The van der Waals surface area contributed by atoms with E-state index >= 15 is 0 Å². The zero-order valence-electron chi connectivity index (χ0n) is 13.2. The van der Waals surface area contributed by atoms with E-state index in [9.17, 15) is 4.79 Å². The molecule has 0 unspecified atom stereocenters. The number of amides is 1. The van der Waals surface area contributed by atoms with Crippen molar-refractivity contribution in [3.63, 3.8) is 0 Å². The Morgan fingerprint density at radius 1 is 1.35 bits per heavy atom. The van der Waals surface area contributed by atoms with Crippen molar-refractivity contribution in [2.45, 2.75) is 18.4 Å². The SMILES string of the molecule is CO[C@@]1(COc2ccccc2)CCCN(C(=O)c2ccn[nH]2)C1. The van der Waals surface area contributed by atoms with Crippen LogP contribution in [0.1, 0.15) is 23.3 Å². The zero-order valence-corrected chi connectivity index (χ0v) is 13.2. The van der Waals surface area contributed by atoms with Gasteiger partial charge in [0.05, 0.1) is 6.54 Å². The first-order valence-corrected chi connectivity index (χ1v) is 7.74. The molecule has 23 heavy (non-hydrogen) atoms. The summed E-state index contributed by atoms with van der Waals surface area (Å²) in [6, 6.07) is 11.3. The van der Waals surface area contributed by atoms with E-state index < -0.39 is 5.60 Å². The highest BCUT2D eigenvalue weighted by atomic mass is 16.5. The predicted molar refractivity (Wildman–Crippen MR) is 85.4 cm³/mol. The molecule has 1 N–H and O–H groups in total. The van der Waals surface area contributed by atoms with E-state index in [4.69, 9.17) is 9.47 Å². The average Bonchev–Trinajstić information content (AvgIpc) is 3.15. The summed E-state index contributed by atoms with van der Waals surface area (Å²) < 4.78 is 11.6. The Bertz CT molecular complexity index is 630. The molecule has 0 aliphatic carbocycles. The van der Waals surface area contributed by atoms with Crippen LogP contribution in [-0.2, 0) is 4.74 Å². The molecule has 6 nitrogen and oxygen atoms in total. The van der Waals surface area contributed by atoms with Gasteiger partial charge in [0.2, 0.25) is 0 Å². The number of rotatable bonds is 5. The van der Waals surface area contributed by atoms with Crippen LogP contribution in [-0.4, -0.2) is 53.4 Å². The van der Waals surface area contributed by atoms with Gasteiger partial charge in [-0.25, -0.2) is 0 Å². The number of nitrogens with one attached hydrogen (secondary N) is 1. The van der Waals surface area contributed by atoms with Crippen LogP contribution in [0.5, 0.6) is 5.75 Å². The maximum atomic E-state index is 12.5. The van der Waals surface area contributed by atoms with Crippen LogP contribution < -0.4 is 4.74 Å². The first-order valence-electron chi connectivity index (χ1n) is 7.74. The minimum Gasteiger partial charge on any atom is -0.491 e. The molecule has 3 rings (SSSR count). The van der Waals surface area contributed by atoms with E-state index in [-0.39, 0.29) is 5.91 Å². The minimum atomic E-state index is -0.482. The highest BCUT2D eigenvalue weighted by Gasteiger charge is 2.38. The van der Waals surface area contributed by atoms with Crippen LogP contribution >= 0.6 is 0 Å². The molecule has 0 radical (unpaired) electrons. The summed E-state index contributed by atoms with van der Waals surface area (Å²) in [5.41, 5.74) is 0.0184. The molecular formula is C17H21N3O3. The first-order chi connectivity index (χ1) is 11.2. The van der Waals surface area contributed by atoms with Crippen molar-refractivity contribution in [2.24, 2.45) is 0 Å². The highest BCUT2D eigenvalue weighted by molar-refractivity contribution is 5.92. The lowest BCUT2D eigenvalue weighted by Crippen LogP contribution is -2.54. The fourth-order valence-corrected chi connectivity index (χ4v) is 2.89. The number of aromatic nitrogens is 2. The van der Waals surface area contributed by atoms with Gasteiger partial charge in [-0.15, -0.1) is 0 Å². The second kappa shape index (κ2) is 6.83. The third kappa shape index (κ3) is 3.53. The molecule has 1 atom stereocenters. The van der Waals surface area contributed by atoms with Crippen molar-refractivity contribution >= 4 is 5.91 Å². The molecule has 1 fully saturated rings. The molecule has 6 heteroatoms. The Labute approximate surface area is 135 Å². The third-order valence-electron chi connectivity index (χ3n) is 4.24. The fraction of sp³-hybridized carbons (Fsp3) is 0.412. The lowest BCUT2D eigenvalue weighted by molar-refractivity contribution is -0.0825. The highest BCUT2D eigenvalue weighted by Crippen LogP contribution is 2.27. The minimum absolute atomic E-state index is 0.0525. The smallest absolute Gasteiger partial charge is 0.271 e. The van der Waals surface area contributed by atoms with Crippen LogP contribution in [0.4, 0.5) is 0 Å². The predicted octanol–water partition coefficient (Wildman–Crippen LogP) is 2.11. The summed E-state index contributed by atoms with van der Waals surface area (Å²) in [4.78, 5) is 14.3. The van der Waals surface area contributed by atoms with Gasteiger partial charge >= 0.3 is 0 Å². The Balaban J connectivity index is 1.67. The summed E-state index contributed by atoms with van der Waals surface area (Å²) in [6.07, 6.45) is 3.33. The van der Waals surface area contributed by atoms with Gasteiger partial charge < -0.3 is 14.4 Å². The number of hydrogen-bond acceptors (Lipinski definition) is 4. The first kappa shape index (κ1) is 15.6. The lowest BCUT2D eigenvalue weighted by atomic mass is 9.93. The van der Waals surface area contributed by atoms with Crippen molar-refractivity contribution < 1.29 is 14.3 Å². The molecule has 1 aromatic heterocycles. The molecule has 0 saturated carbocycles. The number of methoxy groups -OCH3 is 1. The number of benzene rings is 1. The number of piperidine rings is 1. The molecule has 0 spiro atoms. The molecule has 1 aliphatic rings. The van der Waals surface area contributed by atoms with E-state index in [2.05, 4.69) is 10.2 Å². The monoisotopic (exact) mass is 315 g/mol. The zero-order chi connectivity index (χ0) is 16.1. The number of carbonyl (C=O) groups is 1. The molecule has 1 aliphatic heterocycles. The second-order valence-electron chi connectivity index (χ2n) is 5.79. The second-order valence-corrected chi connectivity index (χ2v) is 5.79. The number of hydrogen-bond donors (Lipinski definition) is 1.